The summed E-state index contributed by atoms with van der Waals surface area (Å²) < 4.78 is 2.43. The van der Waals surface area contributed by atoms with Crippen LogP contribution in [0.1, 0.15) is 5.56 Å². The summed E-state index contributed by atoms with van der Waals surface area (Å²) in [4.78, 5) is 13.7. The van der Waals surface area contributed by atoms with E-state index in [0.29, 0.717) is 0 Å². The minimum Gasteiger partial charge on any atom is -0.341 e. The third-order valence-corrected chi connectivity index (χ3v) is 11.6. The van der Waals surface area contributed by atoms with Gasteiger partial charge in [-0.3, -0.25) is 9.97 Å². The molecule has 0 N–H and O–H groups in total. The van der Waals surface area contributed by atoms with Crippen LogP contribution in [0, 0.1) is 0 Å². The maximum absolute atomic E-state index is 4.58. The highest BCUT2D eigenvalue weighted by Crippen LogP contribution is 2.45. The fourth-order valence-corrected chi connectivity index (χ4v) is 8.83. The molecular weight excluding hydrogens is 719 g/mol. The summed E-state index contributed by atoms with van der Waals surface area (Å²) in [7, 11) is 0. The van der Waals surface area contributed by atoms with Gasteiger partial charge in [-0.2, -0.15) is 0 Å². The van der Waals surface area contributed by atoms with Crippen molar-refractivity contribution >= 4 is 50.2 Å². The van der Waals surface area contributed by atoms with Crippen LogP contribution in [-0.2, 0) is 6.42 Å². The number of hydrogen-bond donors (Lipinski definition) is 0. The lowest BCUT2D eigenvalue weighted by Gasteiger charge is -2.26. The Morgan fingerprint density at radius 2 is 1.07 bits per heavy atom. The van der Waals surface area contributed by atoms with Crippen LogP contribution in [0.25, 0.3) is 61.0 Å². The lowest BCUT2D eigenvalue weighted by atomic mass is 9.99. The van der Waals surface area contributed by atoms with Crippen molar-refractivity contribution in [3.8, 4) is 39.2 Å². The molecular formula is C54H39N5. The summed E-state index contributed by atoms with van der Waals surface area (Å²) in [5.41, 5.74) is 17.4. The van der Waals surface area contributed by atoms with Crippen LogP contribution in [-0.4, -0.2) is 21.1 Å². The molecule has 10 aromatic rings. The maximum atomic E-state index is 4.58. The summed E-state index contributed by atoms with van der Waals surface area (Å²) in [6, 6.07) is 69.6. The summed E-state index contributed by atoms with van der Waals surface area (Å²) in [6.45, 7) is 0.964. The number of hydrogen-bond acceptors (Lipinski definition) is 4. The zero-order valence-electron chi connectivity index (χ0n) is 32.4. The van der Waals surface area contributed by atoms with Gasteiger partial charge in [0, 0.05) is 75.6 Å². The molecule has 0 radical (unpaired) electrons. The van der Waals surface area contributed by atoms with Gasteiger partial charge in [-0.25, -0.2) is 0 Å². The summed E-state index contributed by atoms with van der Waals surface area (Å²) in [5.74, 6) is 0. The molecule has 5 nitrogen and oxygen atoms in total. The quantitative estimate of drug-likeness (QED) is 0.155. The van der Waals surface area contributed by atoms with Crippen LogP contribution in [0.15, 0.2) is 213 Å². The van der Waals surface area contributed by atoms with E-state index in [0.717, 1.165) is 52.4 Å². The van der Waals surface area contributed by atoms with Gasteiger partial charge in [-0.1, -0.05) is 91.0 Å². The third kappa shape index (κ3) is 6.21. The van der Waals surface area contributed by atoms with Crippen molar-refractivity contribution in [1.82, 2.24) is 14.5 Å². The monoisotopic (exact) mass is 757 g/mol. The highest BCUT2D eigenvalue weighted by molar-refractivity contribution is 6.14. The molecule has 5 heteroatoms. The van der Waals surface area contributed by atoms with Gasteiger partial charge in [0.2, 0.25) is 0 Å². The van der Waals surface area contributed by atoms with Crippen molar-refractivity contribution in [2.24, 2.45) is 0 Å². The Hall–Kier alpha value is -7.76. The van der Waals surface area contributed by atoms with Gasteiger partial charge in [0.25, 0.3) is 0 Å². The van der Waals surface area contributed by atoms with E-state index in [-0.39, 0.29) is 0 Å². The van der Waals surface area contributed by atoms with Gasteiger partial charge < -0.3 is 14.4 Å². The molecule has 0 saturated heterocycles. The maximum Gasteiger partial charge on any atom is 0.0701 e. The van der Waals surface area contributed by atoms with E-state index in [4.69, 9.17) is 0 Å². The molecule has 11 rings (SSSR count). The topological polar surface area (TPSA) is 37.2 Å². The Bertz CT molecular complexity index is 2970. The van der Waals surface area contributed by atoms with Crippen LogP contribution in [0.4, 0.5) is 28.4 Å². The molecule has 0 atom stereocenters. The Morgan fingerprint density at radius 1 is 0.458 bits per heavy atom. The summed E-state index contributed by atoms with van der Waals surface area (Å²) in [6.07, 6.45) is 6.55. The minimum absolute atomic E-state index is 0.957. The molecule has 0 amide bonds. The summed E-state index contributed by atoms with van der Waals surface area (Å²) >= 11 is 0. The molecule has 3 aromatic heterocycles. The molecule has 0 saturated carbocycles. The first-order chi connectivity index (χ1) is 29.3. The van der Waals surface area contributed by atoms with Crippen molar-refractivity contribution in [2.75, 3.05) is 16.3 Å². The number of rotatable bonds is 8. The van der Waals surface area contributed by atoms with Crippen LogP contribution in [0.2, 0.25) is 0 Å². The molecule has 0 aliphatic carbocycles. The van der Waals surface area contributed by atoms with Crippen LogP contribution < -0.4 is 9.80 Å². The van der Waals surface area contributed by atoms with E-state index in [1.54, 1.807) is 0 Å². The molecule has 4 heterocycles. The van der Waals surface area contributed by atoms with Crippen molar-refractivity contribution in [3.63, 3.8) is 0 Å². The highest BCUT2D eigenvalue weighted by atomic mass is 15.2. The number of fused-ring (bicyclic) bond motifs is 5. The van der Waals surface area contributed by atoms with Gasteiger partial charge in [0.05, 0.1) is 16.7 Å². The molecule has 0 fully saturated rings. The average Bonchev–Trinajstić information content (AvgIpc) is 3.90. The van der Waals surface area contributed by atoms with Crippen molar-refractivity contribution in [2.45, 2.75) is 6.42 Å². The van der Waals surface area contributed by atoms with Crippen LogP contribution >= 0.6 is 0 Å². The fraction of sp³-hybridized carbons (Fsp3) is 0.0370. The lowest BCUT2D eigenvalue weighted by Crippen LogP contribution is -2.12. The predicted octanol–water partition coefficient (Wildman–Crippen LogP) is 13.7. The Labute approximate surface area is 343 Å². The molecule has 0 bridgehead atoms. The van der Waals surface area contributed by atoms with Crippen molar-refractivity contribution < 1.29 is 0 Å². The molecule has 0 unspecified atom stereocenters. The average molecular weight is 758 g/mol. The standard InChI is InChI=1S/C54H39N5/c1-3-11-43(12-4-1)57-35-32-48-51(57)30-31-53-54(48)49-36-41(22-29-52(49)59(53)44-13-5-2-6-14-44)38-16-23-45(24-17-38)58(46-25-18-39(19-26-46)42-10-9-33-55-37-42)47-27-20-40(21-28-47)50-15-7-8-34-56-50/h1-31,33-34,36-37H,32,35H2. The molecule has 7 aromatic carbocycles. The zero-order valence-corrected chi connectivity index (χ0v) is 32.4. The van der Waals surface area contributed by atoms with Gasteiger partial charge >= 0.3 is 0 Å². The predicted molar refractivity (Wildman–Crippen MR) is 245 cm³/mol. The zero-order chi connectivity index (χ0) is 39.1. The first-order valence-electron chi connectivity index (χ1n) is 20.2. The normalized spacial score (nSPS) is 12.2. The molecule has 0 spiro atoms. The van der Waals surface area contributed by atoms with Gasteiger partial charge in [0.1, 0.15) is 0 Å². The van der Waals surface area contributed by atoms with E-state index >= 15 is 0 Å². The van der Waals surface area contributed by atoms with Gasteiger partial charge in [-0.05, 0) is 137 Å². The van der Waals surface area contributed by atoms with E-state index in [1.165, 1.54) is 55.6 Å². The van der Waals surface area contributed by atoms with E-state index in [9.17, 15) is 0 Å². The van der Waals surface area contributed by atoms with Gasteiger partial charge in [0.15, 0.2) is 0 Å². The second-order valence-electron chi connectivity index (χ2n) is 15.0. The van der Waals surface area contributed by atoms with Crippen molar-refractivity contribution in [1.29, 1.82) is 0 Å². The van der Waals surface area contributed by atoms with E-state index in [2.05, 4.69) is 194 Å². The second kappa shape index (κ2) is 14.6. The first-order valence-corrected chi connectivity index (χ1v) is 20.2. The Morgan fingerprint density at radius 3 is 1.71 bits per heavy atom. The van der Waals surface area contributed by atoms with Gasteiger partial charge in [-0.15, -0.1) is 0 Å². The number of benzene rings is 7. The number of para-hydroxylation sites is 2. The number of anilines is 5. The van der Waals surface area contributed by atoms with Crippen molar-refractivity contribution in [3.05, 3.63) is 218 Å². The number of aromatic nitrogens is 3. The largest absolute Gasteiger partial charge is 0.341 e. The first kappa shape index (κ1) is 34.5. The number of pyridine rings is 2. The third-order valence-electron chi connectivity index (χ3n) is 11.6. The second-order valence-corrected chi connectivity index (χ2v) is 15.0. The highest BCUT2D eigenvalue weighted by Gasteiger charge is 2.26. The molecule has 280 valence electrons. The fourth-order valence-electron chi connectivity index (χ4n) is 8.83. The molecule has 1 aliphatic heterocycles. The SMILES string of the molecule is c1ccc(N2CCc3c2ccc2c3c3cc(-c4ccc(N(c5ccc(-c6cccnc6)cc5)c5ccc(-c6ccccn6)cc5)cc4)ccc3n2-c2ccccc2)cc1. The van der Waals surface area contributed by atoms with E-state index < -0.39 is 0 Å². The lowest BCUT2D eigenvalue weighted by molar-refractivity contribution is 1.00. The molecule has 1 aliphatic rings. The Balaban J connectivity index is 1.00. The number of nitrogens with zero attached hydrogens (tertiary/aromatic N) is 5. The van der Waals surface area contributed by atoms with Crippen LogP contribution in [0.5, 0.6) is 0 Å². The summed E-state index contributed by atoms with van der Waals surface area (Å²) in [5, 5.41) is 2.62. The molecule has 59 heavy (non-hydrogen) atoms. The van der Waals surface area contributed by atoms with Crippen LogP contribution in [0.3, 0.4) is 0 Å². The van der Waals surface area contributed by atoms with E-state index in [1.807, 2.05) is 42.9 Å². The Kier molecular flexibility index (Phi) is 8.55. The smallest absolute Gasteiger partial charge is 0.0701 e. The minimum atomic E-state index is 0.957.